The standard InChI is InChI=1S/C15H14FN3O/c16-13-6-4-12(5-7-13)8-10-18-15(20)19-11-14-3-1-2-9-17-14/h1-10H,11H2,(H2,18,19,20)/b10-8+. The first-order valence-electron chi connectivity index (χ1n) is 6.10. The zero-order chi connectivity index (χ0) is 14.2. The van der Waals surface area contributed by atoms with Gasteiger partial charge in [0.05, 0.1) is 12.2 Å². The molecule has 5 heteroatoms. The molecule has 0 aliphatic carbocycles. The first kappa shape index (κ1) is 13.7. The maximum atomic E-state index is 12.7. The van der Waals surface area contributed by atoms with E-state index >= 15 is 0 Å². The number of nitrogens with one attached hydrogen (secondary N) is 2. The van der Waals surface area contributed by atoms with Crippen molar-refractivity contribution in [1.29, 1.82) is 0 Å². The van der Waals surface area contributed by atoms with Crippen LogP contribution in [0.5, 0.6) is 0 Å². The van der Waals surface area contributed by atoms with Crippen LogP contribution in [0.2, 0.25) is 0 Å². The summed E-state index contributed by atoms with van der Waals surface area (Å²) in [5.41, 5.74) is 1.58. The molecule has 1 aromatic heterocycles. The fourth-order valence-corrected chi connectivity index (χ4v) is 1.51. The van der Waals surface area contributed by atoms with Crippen LogP contribution in [-0.4, -0.2) is 11.0 Å². The minimum absolute atomic E-state index is 0.289. The fourth-order valence-electron chi connectivity index (χ4n) is 1.51. The van der Waals surface area contributed by atoms with Crippen molar-refractivity contribution < 1.29 is 9.18 Å². The second kappa shape index (κ2) is 7.04. The lowest BCUT2D eigenvalue weighted by molar-refractivity contribution is 0.243. The van der Waals surface area contributed by atoms with E-state index in [2.05, 4.69) is 15.6 Å². The highest BCUT2D eigenvalue weighted by molar-refractivity contribution is 5.75. The molecule has 0 spiro atoms. The largest absolute Gasteiger partial charge is 0.332 e. The number of rotatable bonds is 4. The second-order valence-electron chi connectivity index (χ2n) is 4.03. The van der Waals surface area contributed by atoms with E-state index in [0.29, 0.717) is 6.54 Å². The molecule has 20 heavy (non-hydrogen) atoms. The van der Waals surface area contributed by atoms with Crippen LogP contribution in [0.3, 0.4) is 0 Å². The first-order chi connectivity index (χ1) is 9.74. The molecule has 2 amide bonds. The van der Waals surface area contributed by atoms with Crippen molar-refractivity contribution >= 4 is 12.1 Å². The van der Waals surface area contributed by atoms with Crippen LogP contribution in [-0.2, 0) is 6.54 Å². The quantitative estimate of drug-likeness (QED) is 0.898. The Balaban J connectivity index is 1.76. The summed E-state index contributed by atoms with van der Waals surface area (Å²) in [6.45, 7) is 0.358. The molecular formula is C15H14FN3O. The normalized spacial score (nSPS) is 10.4. The number of hydrogen-bond donors (Lipinski definition) is 2. The van der Waals surface area contributed by atoms with Crippen molar-refractivity contribution in [1.82, 2.24) is 15.6 Å². The van der Waals surface area contributed by atoms with Gasteiger partial charge in [-0.05, 0) is 35.9 Å². The van der Waals surface area contributed by atoms with Gasteiger partial charge in [-0.25, -0.2) is 9.18 Å². The number of pyridine rings is 1. The topological polar surface area (TPSA) is 54.0 Å². The first-order valence-corrected chi connectivity index (χ1v) is 6.10. The zero-order valence-electron chi connectivity index (χ0n) is 10.7. The smallest absolute Gasteiger partial charge is 0.319 e. The highest BCUT2D eigenvalue weighted by atomic mass is 19.1. The van der Waals surface area contributed by atoms with Gasteiger partial charge in [0.1, 0.15) is 5.82 Å². The van der Waals surface area contributed by atoms with Gasteiger partial charge in [-0.15, -0.1) is 0 Å². The molecule has 0 radical (unpaired) electrons. The average Bonchev–Trinajstić information content (AvgIpc) is 2.48. The maximum Gasteiger partial charge on any atom is 0.319 e. The van der Waals surface area contributed by atoms with Crippen molar-refractivity contribution in [3.8, 4) is 0 Å². The summed E-state index contributed by atoms with van der Waals surface area (Å²) in [7, 11) is 0. The summed E-state index contributed by atoms with van der Waals surface area (Å²) in [5.74, 6) is -0.289. The third-order valence-electron chi connectivity index (χ3n) is 2.52. The van der Waals surface area contributed by atoms with E-state index in [1.807, 2.05) is 18.2 Å². The van der Waals surface area contributed by atoms with E-state index in [1.54, 1.807) is 24.4 Å². The molecule has 4 nitrogen and oxygen atoms in total. The molecule has 2 N–H and O–H groups in total. The van der Waals surface area contributed by atoms with Gasteiger partial charge in [-0.3, -0.25) is 4.98 Å². The van der Waals surface area contributed by atoms with Crippen LogP contribution >= 0.6 is 0 Å². The number of aromatic nitrogens is 1. The fraction of sp³-hybridized carbons (Fsp3) is 0.0667. The Bertz CT molecular complexity index is 582. The Kier molecular flexibility index (Phi) is 4.83. The number of urea groups is 1. The van der Waals surface area contributed by atoms with Gasteiger partial charge in [-0.1, -0.05) is 18.2 Å². The molecule has 0 aliphatic rings. The average molecular weight is 271 g/mol. The van der Waals surface area contributed by atoms with E-state index in [9.17, 15) is 9.18 Å². The number of nitrogens with zero attached hydrogens (tertiary/aromatic N) is 1. The predicted octanol–water partition coefficient (Wildman–Crippen LogP) is 2.69. The van der Waals surface area contributed by atoms with E-state index < -0.39 is 0 Å². The summed E-state index contributed by atoms with van der Waals surface area (Å²) >= 11 is 0. The summed E-state index contributed by atoms with van der Waals surface area (Å²) < 4.78 is 12.7. The molecule has 0 saturated carbocycles. The number of amides is 2. The maximum absolute atomic E-state index is 12.7. The molecule has 0 saturated heterocycles. The Morgan fingerprint density at radius 2 is 2.00 bits per heavy atom. The molecule has 102 valence electrons. The summed E-state index contributed by atoms with van der Waals surface area (Å²) in [6.07, 6.45) is 4.85. The molecule has 0 unspecified atom stereocenters. The third-order valence-corrected chi connectivity index (χ3v) is 2.52. The Hall–Kier alpha value is -2.69. The molecule has 2 aromatic rings. The number of carbonyl (C=O) groups is 1. The van der Waals surface area contributed by atoms with Crippen LogP contribution in [0.15, 0.2) is 54.9 Å². The van der Waals surface area contributed by atoms with Crippen molar-refractivity contribution in [2.45, 2.75) is 6.54 Å². The number of halogens is 1. The Morgan fingerprint density at radius 1 is 1.20 bits per heavy atom. The molecule has 0 aliphatic heterocycles. The van der Waals surface area contributed by atoms with Crippen LogP contribution in [0.4, 0.5) is 9.18 Å². The van der Waals surface area contributed by atoms with Crippen LogP contribution in [0.1, 0.15) is 11.3 Å². The molecule has 1 heterocycles. The highest BCUT2D eigenvalue weighted by Gasteiger charge is 1.97. The predicted molar refractivity (Wildman–Crippen MR) is 75.0 cm³/mol. The van der Waals surface area contributed by atoms with Gasteiger partial charge in [0.15, 0.2) is 0 Å². The monoisotopic (exact) mass is 271 g/mol. The SMILES string of the molecule is O=C(N/C=C/c1ccc(F)cc1)NCc1ccccn1. The van der Waals surface area contributed by atoms with Crippen molar-refractivity contribution in [2.75, 3.05) is 0 Å². The number of hydrogen-bond acceptors (Lipinski definition) is 2. The van der Waals surface area contributed by atoms with Gasteiger partial charge < -0.3 is 10.6 Å². The summed E-state index contributed by atoms with van der Waals surface area (Å²) in [4.78, 5) is 15.6. The molecule has 0 atom stereocenters. The van der Waals surface area contributed by atoms with Gasteiger partial charge in [-0.2, -0.15) is 0 Å². The molecule has 1 aromatic carbocycles. The van der Waals surface area contributed by atoms with Gasteiger partial charge in [0.2, 0.25) is 0 Å². The molecule has 0 bridgehead atoms. The summed E-state index contributed by atoms with van der Waals surface area (Å²) in [6, 6.07) is 11.1. The molecular weight excluding hydrogens is 257 g/mol. The third kappa shape index (κ3) is 4.53. The van der Waals surface area contributed by atoms with Gasteiger partial charge in [0, 0.05) is 12.4 Å². The van der Waals surface area contributed by atoms with E-state index in [1.165, 1.54) is 18.3 Å². The lowest BCUT2D eigenvalue weighted by Crippen LogP contribution is -2.31. The van der Waals surface area contributed by atoms with E-state index in [4.69, 9.17) is 0 Å². The lowest BCUT2D eigenvalue weighted by atomic mass is 10.2. The second-order valence-corrected chi connectivity index (χ2v) is 4.03. The highest BCUT2D eigenvalue weighted by Crippen LogP contribution is 2.03. The van der Waals surface area contributed by atoms with Gasteiger partial charge >= 0.3 is 6.03 Å². The Labute approximate surface area is 116 Å². The van der Waals surface area contributed by atoms with Crippen molar-refractivity contribution in [3.05, 3.63) is 71.9 Å². The van der Waals surface area contributed by atoms with E-state index in [0.717, 1.165) is 11.3 Å². The van der Waals surface area contributed by atoms with E-state index in [-0.39, 0.29) is 11.8 Å². The number of carbonyl (C=O) groups excluding carboxylic acids is 1. The van der Waals surface area contributed by atoms with Crippen molar-refractivity contribution in [3.63, 3.8) is 0 Å². The molecule has 0 fully saturated rings. The van der Waals surface area contributed by atoms with Crippen LogP contribution in [0, 0.1) is 5.82 Å². The molecule has 2 rings (SSSR count). The van der Waals surface area contributed by atoms with Crippen LogP contribution < -0.4 is 10.6 Å². The summed E-state index contributed by atoms with van der Waals surface area (Å²) in [5, 5.41) is 5.23. The number of benzene rings is 1. The van der Waals surface area contributed by atoms with Crippen LogP contribution in [0.25, 0.3) is 6.08 Å². The Morgan fingerprint density at radius 3 is 2.70 bits per heavy atom. The van der Waals surface area contributed by atoms with Gasteiger partial charge in [0.25, 0.3) is 0 Å². The van der Waals surface area contributed by atoms with Crippen molar-refractivity contribution in [2.24, 2.45) is 0 Å². The lowest BCUT2D eigenvalue weighted by Gasteiger charge is -2.03. The zero-order valence-corrected chi connectivity index (χ0v) is 10.7. The minimum Gasteiger partial charge on any atom is -0.332 e. The minimum atomic E-state index is -0.325.